The van der Waals surface area contributed by atoms with Crippen molar-refractivity contribution < 1.29 is 4.74 Å². The van der Waals surface area contributed by atoms with Crippen molar-refractivity contribution >= 4 is 0 Å². The van der Waals surface area contributed by atoms with Crippen LogP contribution < -0.4 is 5.32 Å². The van der Waals surface area contributed by atoms with E-state index in [2.05, 4.69) is 12.2 Å². The maximum Gasteiger partial charge on any atom is 0.0554 e. The van der Waals surface area contributed by atoms with E-state index >= 15 is 0 Å². The summed E-state index contributed by atoms with van der Waals surface area (Å²) in [5, 5.41) is 3.53. The van der Waals surface area contributed by atoms with Crippen molar-refractivity contribution in [3.05, 3.63) is 0 Å². The van der Waals surface area contributed by atoms with Crippen LogP contribution in [0.5, 0.6) is 0 Å². The normalized spacial score (nSPS) is 25.6. The highest BCUT2D eigenvalue weighted by Crippen LogP contribution is 2.33. The Bertz CT molecular complexity index is 161. The van der Waals surface area contributed by atoms with Crippen LogP contribution in [0.25, 0.3) is 0 Å². The lowest BCUT2D eigenvalue weighted by Gasteiger charge is -2.38. The molecule has 0 aromatic heterocycles. The van der Waals surface area contributed by atoms with Gasteiger partial charge in [0.15, 0.2) is 0 Å². The summed E-state index contributed by atoms with van der Waals surface area (Å²) in [6, 6.07) is 0. The first kappa shape index (κ1) is 9.47. The molecule has 0 atom stereocenters. The molecule has 0 aromatic carbocycles. The molecule has 0 spiro atoms. The molecule has 1 aliphatic carbocycles. The summed E-state index contributed by atoms with van der Waals surface area (Å²) in [5.41, 5.74) is 0.444. The van der Waals surface area contributed by atoms with Crippen molar-refractivity contribution in [2.75, 3.05) is 26.3 Å². The Morgan fingerprint density at radius 2 is 2.15 bits per heavy atom. The van der Waals surface area contributed by atoms with Gasteiger partial charge >= 0.3 is 0 Å². The number of hydrogen-bond donors (Lipinski definition) is 1. The lowest BCUT2D eigenvalue weighted by molar-refractivity contribution is -0.0989. The third-order valence-corrected chi connectivity index (χ3v) is 3.12. The molecule has 0 unspecified atom stereocenters. The molecule has 2 nitrogen and oxygen atoms in total. The van der Waals surface area contributed by atoms with E-state index in [0.29, 0.717) is 5.41 Å². The van der Waals surface area contributed by atoms with E-state index in [4.69, 9.17) is 4.74 Å². The quantitative estimate of drug-likeness (QED) is 0.634. The van der Waals surface area contributed by atoms with Crippen LogP contribution in [0, 0.1) is 11.3 Å². The monoisotopic (exact) mass is 183 g/mol. The van der Waals surface area contributed by atoms with Crippen molar-refractivity contribution in [2.24, 2.45) is 11.3 Å². The van der Waals surface area contributed by atoms with Gasteiger partial charge in [0.1, 0.15) is 0 Å². The molecule has 0 aromatic rings. The van der Waals surface area contributed by atoms with E-state index in [0.717, 1.165) is 25.7 Å². The van der Waals surface area contributed by atoms with Gasteiger partial charge in [-0.2, -0.15) is 0 Å². The third kappa shape index (κ3) is 2.96. The van der Waals surface area contributed by atoms with Crippen LogP contribution >= 0.6 is 0 Å². The van der Waals surface area contributed by atoms with E-state index in [1.807, 2.05) is 0 Å². The molecule has 1 saturated heterocycles. The summed E-state index contributed by atoms with van der Waals surface area (Å²) in [7, 11) is 0. The van der Waals surface area contributed by atoms with Gasteiger partial charge in [-0.25, -0.2) is 0 Å². The van der Waals surface area contributed by atoms with Crippen molar-refractivity contribution in [1.82, 2.24) is 5.32 Å². The Balaban J connectivity index is 1.43. The summed E-state index contributed by atoms with van der Waals surface area (Å²) in [6.45, 7) is 6.53. The molecule has 0 bridgehead atoms. The van der Waals surface area contributed by atoms with Crippen molar-refractivity contribution in [3.8, 4) is 0 Å². The highest BCUT2D eigenvalue weighted by molar-refractivity contribution is 4.82. The van der Waals surface area contributed by atoms with Crippen LogP contribution in [0.1, 0.15) is 32.6 Å². The molecule has 0 amide bonds. The fraction of sp³-hybridized carbons (Fsp3) is 1.00. The van der Waals surface area contributed by atoms with Gasteiger partial charge in [-0.15, -0.1) is 0 Å². The second kappa shape index (κ2) is 3.97. The molecule has 13 heavy (non-hydrogen) atoms. The van der Waals surface area contributed by atoms with Crippen LogP contribution in [0.2, 0.25) is 0 Å². The van der Waals surface area contributed by atoms with E-state index in [-0.39, 0.29) is 0 Å². The van der Waals surface area contributed by atoms with E-state index in [1.165, 1.54) is 32.2 Å². The van der Waals surface area contributed by atoms with Gasteiger partial charge in [0, 0.05) is 12.0 Å². The lowest BCUT2D eigenvalue weighted by Crippen LogP contribution is -2.47. The van der Waals surface area contributed by atoms with Crippen molar-refractivity contribution in [3.63, 3.8) is 0 Å². The highest BCUT2D eigenvalue weighted by Gasteiger charge is 2.32. The molecule has 1 saturated carbocycles. The molecule has 2 rings (SSSR count). The summed E-state index contributed by atoms with van der Waals surface area (Å²) in [4.78, 5) is 0. The molecule has 2 fully saturated rings. The van der Waals surface area contributed by atoms with E-state index in [9.17, 15) is 0 Å². The van der Waals surface area contributed by atoms with Crippen LogP contribution in [-0.4, -0.2) is 26.3 Å². The number of rotatable bonds is 6. The van der Waals surface area contributed by atoms with Gasteiger partial charge in [0.25, 0.3) is 0 Å². The zero-order valence-electron chi connectivity index (χ0n) is 8.64. The first-order chi connectivity index (χ1) is 6.29. The molecule has 2 aliphatic rings. The van der Waals surface area contributed by atoms with Crippen molar-refractivity contribution in [1.29, 1.82) is 0 Å². The van der Waals surface area contributed by atoms with E-state index in [1.54, 1.807) is 0 Å². The second-order valence-electron chi connectivity index (χ2n) is 5.07. The third-order valence-electron chi connectivity index (χ3n) is 3.12. The molecule has 2 heteroatoms. The Labute approximate surface area is 81.0 Å². The van der Waals surface area contributed by atoms with Crippen LogP contribution in [-0.2, 0) is 4.74 Å². The topological polar surface area (TPSA) is 21.3 Å². The lowest BCUT2D eigenvalue weighted by atomic mass is 9.89. The minimum Gasteiger partial charge on any atom is -0.380 e. The van der Waals surface area contributed by atoms with Crippen LogP contribution in [0.3, 0.4) is 0 Å². The largest absolute Gasteiger partial charge is 0.380 e. The van der Waals surface area contributed by atoms with Crippen LogP contribution in [0.4, 0.5) is 0 Å². The molecular formula is C11H21NO. The maximum absolute atomic E-state index is 5.20. The SMILES string of the molecule is CC1(CNCCCC2CC2)COC1. The molecular weight excluding hydrogens is 162 g/mol. The van der Waals surface area contributed by atoms with Gasteiger partial charge in [0.2, 0.25) is 0 Å². The van der Waals surface area contributed by atoms with E-state index < -0.39 is 0 Å². The Hall–Kier alpha value is -0.0800. The van der Waals surface area contributed by atoms with Gasteiger partial charge in [-0.3, -0.25) is 0 Å². The molecule has 1 heterocycles. The second-order valence-corrected chi connectivity index (χ2v) is 5.07. The Morgan fingerprint density at radius 1 is 1.38 bits per heavy atom. The minimum absolute atomic E-state index is 0.444. The first-order valence-corrected chi connectivity index (χ1v) is 5.57. The summed E-state index contributed by atoms with van der Waals surface area (Å²) >= 11 is 0. The average molecular weight is 183 g/mol. The van der Waals surface area contributed by atoms with Crippen LogP contribution in [0.15, 0.2) is 0 Å². The zero-order valence-corrected chi connectivity index (χ0v) is 8.64. The smallest absolute Gasteiger partial charge is 0.0554 e. The van der Waals surface area contributed by atoms with Crippen molar-refractivity contribution in [2.45, 2.75) is 32.6 Å². The number of nitrogens with one attached hydrogen (secondary N) is 1. The maximum atomic E-state index is 5.20. The Kier molecular flexibility index (Phi) is 2.89. The van der Waals surface area contributed by atoms with Gasteiger partial charge in [-0.1, -0.05) is 19.8 Å². The standard InChI is InChI=1S/C11H21NO/c1-11(8-13-9-11)7-12-6-2-3-10-4-5-10/h10,12H,2-9H2,1H3. The predicted octanol–water partition coefficient (Wildman–Crippen LogP) is 1.80. The molecule has 1 aliphatic heterocycles. The summed E-state index contributed by atoms with van der Waals surface area (Å²) < 4.78 is 5.20. The zero-order chi connectivity index (χ0) is 9.15. The molecule has 0 radical (unpaired) electrons. The number of ether oxygens (including phenoxy) is 1. The Morgan fingerprint density at radius 3 is 2.69 bits per heavy atom. The molecule has 1 N–H and O–H groups in total. The first-order valence-electron chi connectivity index (χ1n) is 5.57. The highest BCUT2D eigenvalue weighted by atomic mass is 16.5. The fourth-order valence-electron chi connectivity index (χ4n) is 1.87. The number of hydrogen-bond acceptors (Lipinski definition) is 2. The van der Waals surface area contributed by atoms with Gasteiger partial charge < -0.3 is 10.1 Å². The summed E-state index contributed by atoms with van der Waals surface area (Å²) in [5.74, 6) is 1.09. The summed E-state index contributed by atoms with van der Waals surface area (Å²) in [6.07, 6.45) is 5.79. The predicted molar refractivity (Wildman–Crippen MR) is 53.8 cm³/mol. The minimum atomic E-state index is 0.444. The fourth-order valence-corrected chi connectivity index (χ4v) is 1.87. The van der Waals surface area contributed by atoms with Gasteiger partial charge in [0.05, 0.1) is 13.2 Å². The molecule has 76 valence electrons. The average Bonchev–Trinajstić information content (AvgIpc) is 2.84. The van der Waals surface area contributed by atoms with Gasteiger partial charge in [-0.05, 0) is 25.3 Å².